The summed E-state index contributed by atoms with van der Waals surface area (Å²) in [5, 5.41) is 26.1. The third-order valence-corrected chi connectivity index (χ3v) is 11.3. The molecule has 0 bridgehead atoms. The Kier molecular flexibility index (Phi) is 13.8. The number of aliphatic hydroxyl groups excluding tert-OH is 1. The van der Waals surface area contributed by atoms with Crippen LogP contribution in [0.25, 0.3) is 0 Å². The number of unbranched alkanes of at least 4 members (excludes halogenated alkanes) is 1. The lowest BCUT2D eigenvalue weighted by atomic mass is 9.87. The van der Waals surface area contributed by atoms with Crippen molar-refractivity contribution in [2.24, 2.45) is 28.6 Å². The summed E-state index contributed by atoms with van der Waals surface area (Å²) in [7, 11) is 0. The molecule has 5 amide bonds. The number of ketones is 1. The fraction of sp³-hybridized carbons (Fsp3) is 0.675. The van der Waals surface area contributed by atoms with E-state index in [-0.39, 0.29) is 48.3 Å². The fourth-order valence-electron chi connectivity index (χ4n) is 8.03. The van der Waals surface area contributed by atoms with E-state index in [2.05, 4.69) is 47.0 Å². The zero-order valence-corrected chi connectivity index (χ0v) is 32.8. The summed E-state index contributed by atoms with van der Waals surface area (Å²) in [4.78, 5) is 68.6. The van der Waals surface area contributed by atoms with E-state index >= 15 is 0 Å². The van der Waals surface area contributed by atoms with E-state index < -0.39 is 59.6 Å². The van der Waals surface area contributed by atoms with Gasteiger partial charge in [0, 0.05) is 19.1 Å². The number of likely N-dealkylation sites (tertiary alicyclic amines) is 1. The summed E-state index contributed by atoms with van der Waals surface area (Å²) >= 11 is 0. The first kappa shape index (κ1) is 41.8. The topological polar surface area (TPSA) is 178 Å². The first-order chi connectivity index (χ1) is 24.9. The molecule has 1 saturated heterocycles. The van der Waals surface area contributed by atoms with Crippen molar-refractivity contribution in [3.63, 3.8) is 0 Å². The van der Waals surface area contributed by atoms with Crippen LogP contribution in [0.5, 0.6) is 0 Å². The van der Waals surface area contributed by atoms with Crippen LogP contribution >= 0.6 is 0 Å². The molecule has 4 rings (SSSR count). The lowest BCUT2D eigenvalue weighted by molar-refractivity contribution is -0.142. The second kappa shape index (κ2) is 17.4. The Balaban J connectivity index is 1.58. The number of piperidine rings is 1. The zero-order valence-electron chi connectivity index (χ0n) is 32.8. The van der Waals surface area contributed by atoms with Crippen molar-refractivity contribution in [2.45, 2.75) is 124 Å². The SMILES string of the molecule is C=CCNC(=O)C(=O)C(CCCC)NC(O)C1[C@@H]2[C@H](CN1C(=O)C(NC(=O)N[C@H](COC(=O)NC(C)C)C(C)(C)C)C1Cc3ccccc3C1)C2(C)C. The Morgan fingerprint density at radius 3 is 2.26 bits per heavy atom. The van der Waals surface area contributed by atoms with Gasteiger partial charge in [0.15, 0.2) is 0 Å². The molecule has 13 heteroatoms. The highest BCUT2D eigenvalue weighted by Crippen LogP contribution is 2.65. The molecule has 3 aliphatic rings. The van der Waals surface area contributed by atoms with Crippen molar-refractivity contribution >= 4 is 29.7 Å². The number of amides is 5. The predicted octanol–water partition coefficient (Wildman–Crippen LogP) is 3.44. The summed E-state index contributed by atoms with van der Waals surface area (Å²) in [6, 6.07) is 4.17. The van der Waals surface area contributed by atoms with Gasteiger partial charge >= 0.3 is 12.1 Å². The van der Waals surface area contributed by atoms with Crippen LogP contribution in [0, 0.1) is 28.6 Å². The number of benzene rings is 1. The Hall–Kier alpha value is -3.97. The molecule has 1 heterocycles. The monoisotopic (exact) mass is 738 g/mol. The highest BCUT2D eigenvalue weighted by Gasteiger charge is 2.69. The fourth-order valence-corrected chi connectivity index (χ4v) is 8.03. The van der Waals surface area contributed by atoms with Crippen molar-refractivity contribution in [3.05, 3.63) is 48.0 Å². The van der Waals surface area contributed by atoms with Crippen LogP contribution in [0.15, 0.2) is 36.9 Å². The minimum atomic E-state index is -1.30. The van der Waals surface area contributed by atoms with E-state index in [1.54, 1.807) is 4.90 Å². The molecule has 294 valence electrons. The van der Waals surface area contributed by atoms with Crippen LogP contribution in [0.1, 0.15) is 85.8 Å². The molecule has 1 aromatic carbocycles. The van der Waals surface area contributed by atoms with Crippen molar-refractivity contribution in [1.29, 1.82) is 0 Å². The second-order valence-electron chi connectivity index (χ2n) is 17.0. The molecule has 0 spiro atoms. The average molecular weight is 739 g/mol. The number of hydrogen-bond donors (Lipinski definition) is 6. The van der Waals surface area contributed by atoms with Crippen LogP contribution in [0.4, 0.5) is 9.59 Å². The van der Waals surface area contributed by atoms with Gasteiger partial charge in [-0.3, -0.25) is 19.7 Å². The molecule has 0 aromatic heterocycles. The normalized spacial score (nSPS) is 22.5. The summed E-state index contributed by atoms with van der Waals surface area (Å²) in [6.07, 6.45) is 2.55. The molecule has 2 fully saturated rings. The van der Waals surface area contributed by atoms with E-state index in [0.29, 0.717) is 32.2 Å². The summed E-state index contributed by atoms with van der Waals surface area (Å²) in [5.41, 5.74) is 1.59. The highest BCUT2D eigenvalue weighted by molar-refractivity contribution is 6.38. The van der Waals surface area contributed by atoms with Crippen molar-refractivity contribution in [2.75, 3.05) is 19.7 Å². The van der Waals surface area contributed by atoms with Gasteiger partial charge in [-0.2, -0.15) is 0 Å². The van der Waals surface area contributed by atoms with Gasteiger partial charge in [-0.05, 0) is 72.8 Å². The van der Waals surface area contributed by atoms with Gasteiger partial charge in [0.2, 0.25) is 11.7 Å². The minimum absolute atomic E-state index is 0.0554. The molecule has 13 nitrogen and oxygen atoms in total. The number of rotatable bonds is 17. The number of carbonyl (C=O) groups is 5. The van der Waals surface area contributed by atoms with Gasteiger partial charge in [-0.1, -0.05) is 84.7 Å². The molecule has 0 radical (unpaired) electrons. The number of carbonyl (C=O) groups excluding carboxylic acids is 5. The Bertz CT molecular complexity index is 1480. The first-order valence-electron chi connectivity index (χ1n) is 19.1. The Morgan fingerprint density at radius 2 is 1.70 bits per heavy atom. The minimum Gasteiger partial charge on any atom is -0.447 e. The molecular weight excluding hydrogens is 676 g/mol. The number of nitrogens with zero attached hydrogens (tertiary/aromatic N) is 1. The smallest absolute Gasteiger partial charge is 0.407 e. The molecule has 7 atom stereocenters. The Labute approximate surface area is 314 Å². The molecule has 53 heavy (non-hydrogen) atoms. The summed E-state index contributed by atoms with van der Waals surface area (Å²) < 4.78 is 5.45. The Morgan fingerprint density at radius 1 is 1.06 bits per heavy atom. The summed E-state index contributed by atoms with van der Waals surface area (Å²) in [6.45, 7) is 19.7. The molecule has 1 aromatic rings. The lowest BCUT2D eigenvalue weighted by Gasteiger charge is -2.39. The maximum absolute atomic E-state index is 14.9. The van der Waals surface area contributed by atoms with E-state index in [1.165, 1.54) is 6.08 Å². The maximum atomic E-state index is 14.9. The molecular formula is C40H62N6O7. The standard InChI is InChI=1S/C40H62N6O7/c1-10-12-17-28(33(47)35(49)41-18-11-2)43-34(48)32-30-27(40(30,8)9)21-46(32)36(50)31(26-19-24-15-13-14-16-25(24)20-26)45-37(51)44-29(39(5,6)7)22-53-38(52)42-23(3)4/h11,13-16,23,26-32,34,43,48H,2,10,12,17-22H2,1,3-9H3,(H,41,49)(H,42,52)(H2,44,45,51)/t27-,28?,29+,30-,31?,32?,34?/m0/s1. The number of nitrogens with one attached hydrogen (secondary N) is 5. The van der Waals surface area contributed by atoms with Gasteiger partial charge in [0.05, 0.1) is 18.1 Å². The largest absolute Gasteiger partial charge is 0.447 e. The van der Waals surface area contributed by atoms with E-state index in [1.807, 2.05) is 65.8 Å². The quantitative estimate of drug-likeness (QED) is 0.0800. The van der Waals surface area contributed by atoms with Gasteiger partial charge in [0.25, 0.3) is 5.91 Å². The lowest BCUT2D eigenvalue weighted by Crippen LogP contribution is -2.62. The van der Waals surface area contributed by atoms with Gasteiger partial charge in [0.1, 0.15) is 18.9 Å². The highest BCUT2D eigenvalue weighted by atomic mass is 16.5. The van der Waals surface area contributed by atoms with Crippen LogP contribution in [0.3, 0.4) is 0 Å². The van der Waals surface area contributed by atoms with E-state index in [4.69, 9.17) is 4.74 Å². The molecule has 1 aliphatic heterocycles. The number of aliphatic hydroxyl groups is 1. The van der Waals surface area contributed by atoms with E-state index in [9.17, 15) is 29.1 Å². The van der Waals surface area contributed by atoms with Gasteiger partial charge in [-0.25, -0.2) is 9.59 Å². The first-order valence-corrected chi connectivity index (χ1v) is 19.1. The number of hydrogen-bond acceptors (Lipinski definition) is 8. The summed E-state index contributed by atoms with van der Waals surface area (Å²) in [5.74, 6) is -1.95. The third kappa shape index (κ3) is 10.2. The molecule has 4 unspecified atom stereocenters. The second-order valence-corrected chi connectivity index (χ2v) is 17.0. The zero-order chi connectivity index (χ0) is 39.2. The predicted molar refractivity (Wildman–Crippen MR) is 203 cm³/mol. The molecule has 1 saturated carbocycles. The van der Waals surface area contributed by atoms with Crippen molar-refractivity contribution < 1.29 is 33.8 Å². The number of urea groups is 1. The van der Waals surface area contributed by atoms with Crippen LogP contribution in [0.2, 0.25) is 0 Å². The van der Waals surface area contributed by atoms with Crippen molar-refractivity contribution in [1.82, 2.24) is 31.5 Å². The number of ether oxygens (including phenoxy) is 1. The van der Waals surface area contributed by atoms with Crippen LogP contribution in [-0.4, -0.2) is 95.9 Å². The maximum Gasteiger partial charge on any atom is 0.407 e. The molecule has 2 aliphatic carbocycles. The van der Waals surface area contributed by atoms with Crippen LogP contribution in [-0.2, 0) is 32.0 Å². The van der Waals surface area contributed by atoms with Gasteiger partial charge in [-0.15, -0.1) is 6.58 Å². The van der Waals surface area contributed by atoms with Gasteiger partial charge < -0.3 is 36.0 Å². The number of fused-ring (bicyclic) bond motifs is 2. The van der Waals surface area contributed by atoms with Crippen LogP contribution < -0.4 is 26.6 Å². The molecule has 6 N–H and O–H groups in total. The third-order valence-electron chi connectivity index (χ3n) is 11.3. The van der Waals surface area contributed by atoms with Crippen molar-refractivity contribution in [3.8, 4) is 0 Å². The number of alkyl carbamates (subject to hydrolysis) is 1. The van der Waals surface area contributed by atoms with E-state index in [0.717, 1.165) is 17.5 Å². The average Bonchev–Trinajstić information content (AvgIpc) is 3.44. The number of Topliss-reactive ketones (excluding diaryl/α,β-unsaturated/α-hetero) is 1.